The molecule has 2 aliphatic heterocycles. The highest BCUT2D eigenvalue weighted by Crippen LogP contribution is 2.47. The van der Waals surface area contributed by atoms with Gasteiger partial charge >= 0.3 is 6.09 Å². The third kappa shape index (κ3) is 8.06. The number of hydrogen-bond acceptors (Lipinski definition) is 9. The molecular formula is C37H48ClN5O9S. The molecule has 4 aliphatic rings. The van der Waals surface area contributed by atoms with E-state index < -0.39 is 74.1 Å². The van der Waals surface area contributed by atoms with Gasteiger partial charge in [-0.1, -0.05) is 43.7 Å². The summed E-state index contributed by atoms with van der Waals surface area (Å²) in [4.78, 5) is 60.6. The summed E-state index contributed by atoms with van der Waals surface area (Å²) >= 11 is 6.55. The second-order valence-corrected chi connectivity index (χ2v) is 18.3. The van der Waals surface area contributed by atoms with Gasteiger partial charge in [0, 0.05) is 34.2 Å². The number of carbonyl (C=O) groups is 4. The first kappa shape index (κ1) is 38.6. The lowest BCUT2D eigenvalue weighted by Crippen LogP contribution is -2.59. The van der Waals surface area contributed by atoms with E-state index in [1.54, 1.807) is 38.1 Å². The fourth-order valence-corrected chi connectivity index (χ4v) is 9.01. The maximum absolute atomic E-state index is 14.4. The SMILES string of the molecule is CC(C)Oc1cc2c(Cl)cccc2c(O[C@@H]2C[C@H]3C(=O)N[C@]4(C(=O)NS(=O)(=O)C5(C)CC5)CC4/C=C\CC[C@@H](C)C[C@@H](C)[C@H](NC(=O)O)C(=O)N3C2)n1. The van der Waals surface area contributed by atoms with Crippen molar-refractivity contribution in [3.63, 3.8) is 0 Å². The summed E-state index contributed by atoms with van der Waals surface area (Å²) in [5, 5.41) is 16.7. The van der Waals surface area contributed by atoms with Crippen LogP contribution in [0.1, 0.15) is 79.6 Å². The molecule has 3 fully saturated rings. The minimum Gasteiger partial charge on any atom is -0.475 e. The van der Waals surface area contributed by atoms with Crippen molar-refractivity contribution in [3.8, 4) is 11.8 Å². The number of carbonyl (C=O) groups excluding carboxylic acids is 3. The predicted molar refractivity (Wildman–Crippen MR) is 197 cm³/mol. The van der Waals surface area contributed by atoms with Crippen LogP contribution in [0.3, 0.4) is 0 Å². The number of nitrogens with zero attached hydrogens (tertiary/aromatic N) is 2. The Morgan fingerprint density at radius 2 is 1.89 bits per heavy atom. The molecule has 4 amide bonds. The van der Waals surface area contributed by atoms with Gasteiger partial charge in [-0.15, -0.1) is 0 Å². The van der Waals surface area contributed by atoms with E-state index in [1.807, 2.05) is 32.9 Å². The van der Waals surface area contributed by atoms with Crippen LogP contribution < -0.4 is 24.8 Å². The number of halogens is 1. The Hall–Kier alpha value is -4.11. The molecule has 3 heterocycles. The molecule has 53 heavy (non-hydrogen) atoms. The highest BCUT2D eigenvalue weighted by Gasteiger charge is 2.63. The summed E-state index contributed by atoms with van der Waals surface area (Å²) in [5.41, 5.74) is -1.56. The second kappa shape index (κ2) is 14.6. The number of hydrogen-bond donors (Lipinski definition) is 4. The fourth-order valence-electron chi connectivity index (χ4n) is 7.47. The first-order valence-electron chi connectivity index (χ1n) is 18.2. The summed E-state index contributed by atoms with van der Waals surface area (Å²) in [6.45, 7) is 9.00. The molecule has 0 spiro atoms. The van der Waals surface area contributed by atoms with Crippen molar-refractivity contribution in [2.24, 2.45) is 17.8 Å². The Morgan fingerprint density at radius 3 is 2.57 bits per heavy atom. The van der Waals surface area contributed by atoms with Crippen molar-refractivity contribution in [1.82, 2.24) is 25.2 Å². The molecule has 2 aromatic rings. The first-order chi connectivity index (χ1) is 24.9. The van der Waals surface area contributed by atoms with Crippen molar-refractivity contribution in [3.05, 3.63) is 41.4 Å². The van der Waals surface area contributed by atoms with Crippen molar-refractivity contribution in [2.75, 3.05) is 6.54 Å². The third-order valence-electron chi connectivity index (χ3n) is 10.9. The number of rotatable bonds is 8. The lowest BCUT2D eigenvalue weighted by molar-refractivity contribution is -0.142. The largest absolute Gasteiger partial charge is 0.475 e. The molecular weight excluding hydrogens is 726 g/mol. The van der Waals surface area contributed by atoms with E-state index >= 15 is 0 Å². The number of carboxylic acid groups (broad SMARTS) is 1. The smallest absolute Gasteiger partial charge is 0.405 e. The molecule has 2 aliphatic carbocycles. The molecule has 0 bridgehead atoms. The van der Waals surface area contributed by atoms with Gasteiger partial charge in [0.1, 0.15) is 23.7 Å². The molecule has 6 rings (SSSR count). The maximum Gasteiger partial charge on any atom is 0.405 e. The number of benzene rings is 1. The van der Waals surface area contributed by atoms with Gasteiger partial charge in [-0.25, -0.2) is 13.2 Å². The zero-order valence-electron chi connectivity index (χ0n) is 30.6. The van der Waals surface area contributed by atoms with Gasteiger partial charge in [0.15, 0.2) is 0 Å². The number of amides is 4. The summed E-state index contributed by atoms with van der Waals surface area (Å²) in [5.74, 6) is -2.48. The summed E-state index contributed by atoms with van der Waals surface area (Å²) < 4.78 is 39.8. The van der Waals surface area contributed by atoms with Crippen LogP contribution in [0.2, 0.25) is 5.02 Å². The molecule has 4 N–H and O–H groups in total. The van der Waals surface area contributed by atoms with Crippen molar-refractivity contribution in [1.29, 1.82) is 0 Å². The average Bonchev–Trinajstić information content (AvgIpc) is 3.95. The quantitative estimate of drug-likeness (QED) is 0.277. The number of nitrogens with one attached hydrogen (secondary N) is 3. The Bertz CT molecular complexity index is 1940. The van der Waals surface area contributed by atoms with Crippen molar-refractivity contribution < 1.29 is 42.2 Å². The Labute approximate surface area is 314 Å². The van der Waals surface area contributed by atoms with Gasteiger partial charge in [-0.3, -0.25) is 19.1 Å². The van der Waals surface area contributed by atoms with E-state index in [0.717, 1.165) is 6.42 Å². The summed E-state index contributed by atoms with van der Waals surface area (Å²) in [6.07, 6.45) is 4.25. The van der Waals surface area contributed by atoms with Gasteiger partial charge in [0.2, 0.25) is 33.6 Å². The lowest BCUT2D eigenvalue weighted by atomic mass is 9.88. The van der Waals surface area contributed by atoms with E-state index in [4.69, 9.17) is 21.1 Å². The second-order valence-electron chi connectivity index (χ2n) is 15.7. The zero-order chi connectivity index (χ0) is 38.5. The molecule has 0 radical (unpaired) electrons. The van der Waals surface area contributed by atoms with Gasteiger partial charge in [-0.2, -0.15) is 4.98 Å². The fraction of sp³-hybridized carbons (Fsp3) is 0.595. The number of fused-ring (bicyclic) bond motifs is 3. The highest BCUT2D eigenvalue weighted by atomic mass is 35.5. The van der Waals surface area contributed by atoms with Crippen LogP contribution in [0.15, 0.2) is 36.4 Å². The van der Waals surface area contributed by atoms with Crippen LogP contribution in [0, 0.1) is 17.8 Å². The van der Waals surface area contributed by atoms with Crippen LogP contribution in [0.25, 0.3) is 10.8 Å². The molecule has 16 heteroatoms. The number of aromatic nitrogens is 1. The van der Waals surface area contributed by atoms with Gasteiger partial charge < -0.3 is 30.1 Å². The normalized spacial score (nSPS) is 30.6. The monoisotopic (exact) mass is 773 g/mol. The molecule has 1 aromatic carbocycles. The molecule has 288 valence electrons. The van der Waals surface area contributed by atoms with E-state index in [-0.39, 0.29) is 43.2 Å². The topological polar surface area (TPSA) is 193 Å². The van der Waals surface area contributed by atoms with Crippen LogP contribution in [-0.4, -0.2) is 88.3 Å². The lowest BCUT2D eigenvalue weighted by Gasteiger charge is -2.32. The minimum absolute atomic E-state index is 0.0320. The van der Waals surface area contributed by atoms with Gasteiger partial charge in [0.25, 0.3) is 5.91 Å². The van der Waals surface area contributed by atoms with Crippen molar-refractivity contribution >= 4 is 56.2 Å². The van der Waals surface area contributed by atoms with Crippen LogP contribution >= 0.6 is 11.6 Å². The number of ether oxygens (including phenoxy) is 2. The van der Waals surface area contributed by atoms with Crippen LogP contribution in [0.4, 0.5) is 4.79 Å². The van der Waals surface area contributed by atoms with E-state index in [1.165, 1.54) is 4.90 Å². The Balaban J connectivity index is 1.36. The Morgan fingerprint density at radius 1 is 1.15 bits per heavy atom. The van der Waals surface area contributed by atoms with Crippen molar-refractivity contribution in [2.45, 2.75) is 114 Å². The van der Waals surface area contributed by atoms with E-state index in [9.17, 15) is 32.7 Å². The molecule has 1 aromatic heterocycles. The van der Waals surface area contributed by atoms with Crippen LogP contribution in [0.5, 0.6) is 11.8 Å². The Kier molecular flexibility index (Phi) is 10.6. The first-order valence-corrected chi connectivity index (χ1v) is 20.1. The molecule has 1 unspecified atom stereocenters. The standard InChI is InChI=1S/C37H48ClN5O9S/c1-20(2)51-29-17-26-25(11-8-12-27(26)38)32(39-29)52-24-16-28-31(44)41-37(34(46)42-53(49,50)36(5)13-14-36)18-23(37)10-7-6-9-21(3)15-22(4)30(40-35(47)48)33(45)43(28)19-24/h7-8,10-12,17,20-24,28,30,40H,6,9,13-16,18-19H2,1-5H3,(H,41,44)(H,42,46)(H,47,48)/b10-7-/t21-,22-,23?,24-,28+,30+,37-/m1/s1. The number of sulfonamides is 1. The predicted octanol–water partition coefficient (Wildman–Crippen LogP) is 4.55. The molecule has 7 atom stereocenters. The summed E-state index contributed by atoms with van der Waals surface area (Å²) in [6, 6.07) is 4.58. The third-order valence-corrected chi connectivity index (χ3v) is 13.4. The van der Waals surface area contributed by atoms with Gasteiger partial charge in [0.05, 0.1) is 17.4 Å². The maximum atomic E-state index is 14.4. The number of allylic oxidation sites excluding steroid dienone is 1. The average molecular weight is 774 g/mol. The van der Waals surface area contributed by atoms with E-state index in [0.29, 0.717) is 41.5 Å². The van der Waals surface area contributed by atoms with E-state index in [2.05, 4.69) is 20.3 Å². The van der Waals surface area contributed by atoms with Gasteiger partial charge in [-0.05, 0) is 83.3 Å². The summed E-state index contributed by atoms with van der Waals surface area (Å²) in [7, 11) is -4.01. The number of pyridine rings is 1. The molecule has 1 saturated heterocycles. The highest BCUT2D eigenvalue weighted by molar-refractivity contribution is 7.91. The van der Waals surface area contributed by atoms with Crippen LogP contribution in [-0.2, 0) is 24.4 Å². The molecule has 2 saturated carbocycles. The molecule has 14 nitrogen and oxygen atoms in total. The minimum atomic E-state index is -4.01. The zero-order valence-corrected chi connectivity index (χ0v) is 32.1.